The van der Waals surface area contributed by atoms with E-state index in [-0.39, 0.29) is 5.56 Å². The van der Waals surface area contributed by atoms with Crippen molar-refractivity contribution in [2.24, 2.45) is 0 Å². The third-order valence-corrected chi connectivity index (χ3v) is 2.66. The fourth-order valence-electron chi connectivity index (χ4n) is 1.47. The summed E-state index contributed by atoms with van der Waals surface area (Å²) in [5.41, 5.74) is 1.74. The second-order valence-electron chi connectivity index (χ2n) is 3.42. The molecule has 0 atom stereocenters. The Bertz CT molecular complexity index is 727. The predicted molar refractivity (Wildman–Crippen MR) is 65.4 cm³/mol. The van der Waals surface area contributed by atoms with Gasteiger partial charge >= 0.3 is 0 Å². The number of halogens is 1. The number of imidazole rings is 1. The smallest absolute Gasteiger partial charge is 0.264 e. The largest absolute Gasteiger partial charge is 0.335 e. The molecule has 84 valence electrons. The fourth-order valence-corrected chi connectivity index (χ4v) is 1.80. The molecule has 0 radical (unpaired) electrons. The molecule has 3 aromatic heterocycles. The lowest BCUT2D eigenvalue weighted by molar-refractivity contribution is 0.985. The molecule has 0 bridgehead atoms. The summed E-state index contributed by atoms with van der Waals surface area (Å²) in [7, 11) is 0. The average molecular weight is 292 g/mol. The van der Waals surface area contributed by atoms with Crippen molar-refractivity contribution < 1.29 is 0 Å². The minimum atomic E-state index is -0.245. The van der Waals surface area contributed by atoms with E-state index in [1.807, 2.05) is 6.07 Å². The number of hydrogen-bond donors (Lipinski definition) is 2. The first-order valence-corrected chi connectivity index (χ1v) is 5.59. The van der Waals surface area contributed by atoms with Crippen LogP contribution in [-0.2, 0) is 0 Å². The van der Waals surface area contributed by atoms with Crippen LogP contribution in [0.5, 0.6) is 0 Å². The first-order chi connectivity index (χ1) is 8.22. The van der Waals surface area contributed by atoms with Crippen molar-refractivity contribution in [1.29, 1.82) is 0 Å². The van der Waals surface area contributed by atoms with E-state index in [1.165, 1.54) is 6.07 Å². The number of aromatic amines is 2. The van der Waals surface area contributed by atoms with E-state index >= 15 is 0 Å². The molecule has 17 heavy (non-hydrogen) atoms. The Morgan fingerprint density at radius 3 is 2.94 bits per heavy atom. The normalized spacial score (nSPS) is 10.9. The fraction of sp³-hybridized carbons (Fsp3) is 0. The van der Waals surface area contributed by atoms with Crippen LogP contribution in [0.1, 0.15) is 0 Å². The number of fused-ring (bicyclic) bond motifs is 1. The van der Waals surface area contributed by atoms with Gasteiger partial charge in [-0.2, -0.15) is 5.10 Å². The van der Waals surface area contributed by atoms with Gasteiger partial charge in [0.15, 0.2) is 11.5 Å². The Balaban J connectivity index is 2.17. The van der Waals surface area contributed by atoms with Crippen LogP contribution in [0.15, 0.2) is 33.7 Å². The molecule has 3 heterocycles. The number of hydrogen-bond acceptors (Lipinski definition) is 4. The molecule has 2 N–H and O–H groups in total. The van der Waals surface area contributed by atoms with E-state index < -0.39 is 0 Å². The summed E-state index contributed by atoms with van der Waals surface area (Å²) in [6.07, 6.45) is 1.67. The summed E-state index contributed by atoms with van der Waals surface area (Å²) in [6.45, 7) is 0. The standard InChI is InChI=1S/C10H6BrN5O/c11-5-3-7-9(12-4-5)14-10(13-7)6-1-2-8(17)16-15-6/h1-4H,(H,16,17)(H,12,13,14). The quantitative estimate of drug-likeness (QED) is 0.711. The van der Waals surface area contributed by atoms with E-state index in [4.69, 9.17) is 0 Å². The number of rotatable bonds is 1. The zero-order chi connectivity index (χ0) is 11.8. The second-order valence-corrected chi connectivity index (χ2v) is 4.33. The SMILES string of the molecule is O=c1ccc(-c2nc3ncc(Br)cc3[nH]2)n[nH]1. The summed E-state index contributed by atoms with van der Waals surface area (Å²) in [5.74, 6) is 0.571. The van der Waals surface area contributed by atoms with Gasteiger partial charge < -0.3 is 4.98 Å². The predicted octanol–water partition coefficient (Wildman–Crippen LogP) is 1.47. The Hall–Kier alpha value is -2.02. The molecule has 0 amide bonds. The van der Waals surface area contributed by atoms with Gasteiger partial charge in [0.05, 0.1) is 5.52 Å². The molecule has 7 heteroatoms. The third kappa shape index (κ3) is 1.84. The highest BCUT2D eigenvalue weighted by Gasteiger charge is 2.07. The molecule has 0 aliphatic rings. The molecule has 0 unspecified atom stereocenters. The molecule has 0 aliphatic heterocycles. The highest BCUT2D eigenvalue weighted by Crippen LogP contribution is 2.19. The maximum absolute atomic E-state index is 10.9. The van der Waals surface area contributed by atoms with E-state index in [0.717, 1.165) is 9.99 Å². The first kappa shape index (κ1) is 10.2. The molecule has 0 aliphatic carbocycles. The lowest BCUT2D eigenvalue weighted by Crippen LogP contribution is -2.05. The number of H-pyrrole nitrogens is 2. The zero-order valence-electron chi connectivity index (χ0n) is 8.44. The topological polar surface area (TPSA) is 87.3 Å². The van der Waals surface area contributed by atoms with Crippen LogP contribution in [0.4, 0.5) is 0 Å². The van der Waals surface area contributed by atoms with Crippen molar-refractivity contribution in [3.05, 3.63) is 39.2 Å². The lowest BCUT2D eigenvalue weighted by Gasteiger charge is -1.91. The maximum atomic E-state index is 10.9. The second kappa shape index (κ2) is 3.77. The zero-order valence-corrected chi connectivity index (χ0v) is 10.0. The van der Waals surface area contributed by atoms with Crippen LogP contribution >= 0.6 is 15.9 Å². The van der Waals surface area contributed by atoms with Crippen LogP contribution in [-0.4, -0.2) is 25.1 Å². The van der Waals surface area contributed by atoms with Gasteiger partial charge in [-0.15, -0.1) is 0 Å². The van der Waals surface area contributed by atoms with Crippen LogP contribution in [0, 0.1) is 0 Å². The highest BCUT2D eigenvalue weighted by atomic mass is 79.9. The summed E-state index contributed by atoms with van der Waals surface area (Å²) in [6, 6.07) is 4.88. The molecule has 0 saturated heterocycles. The summed E-state index contributed by atoms with van der Waals surface area (Å²) in [5, 5.41) is 6.25. The van der Waals surface area contributed by atoms with Crippen molar-refractivity contribution in [2.75, 3.05) is 0 Å². The van der Waals surface area contributed by atoms with Crippen molar-refractivity contribution in [3.8, 4) is 11.5 Å². The van der Waals surface area contributed by atoms with Gasteiger partial charge in [-0.1, -0.05) is 0 Å². The number of nitrogens with one attached hydrogen (secondary N) is 2. The van der Waals surface area contributed by atoms with Crippen molar-refractivity contribution in [3.63, 3.8) is 0 Å². The van der Waals surface area contributed by atoms with Gasteiger partial charge in [-0.3, -0.25) is 4.79 Å². The summed E-state index contributed by atoms with van der Waals surface area (Å²) in [4.78, 5) is 22.4. The van der Waals surface area contributed by atoms with Gasteiger partial charge in [0.1, 0.15) is 5.69 Å². The molecule has 0 fully saturated rings. The van der Waals surface area contributed by atoms with Gasteiger partial charge in [0.2, 0.25) is 0 Å². The van der Waals surface area contributed by atoms with Crippen LogP contribution < -0.4 is 5.56 Å². The highest BCUT2D eigenvalue weighted by molar-refractivity contribution is 9.10. The molecule has 6 nitrogen and oxygen atoms in total. The molecule has 0 saturated carbocycles. The molecular formula is C10H6BrN5O. The van der Waals surface area contributed by atoms with Crippen LogP contribution in [0.2, 0.25) is 0 Å². The van der Waals surface area contributed by atoms with E-state index in [1.54, 1.807) is 12.3 Å². The van der Waals surface area contributed by atoms with Crippen molar-refractivity contribution in [2.45, 2.75) is 0 Å². The Kier molecular flexibility index (Phi) is 2.25. The summed E-state index contributed by atoms with van der Waals surface area (Å²) < 4.78 is 0.870. The molecule has 0 aromatic carbocycles. The average Bonchev–Trinajstić information content (AvgIpc) is 2.72. The third-order valence-electron chi connectivity index (χ3n) is 2.23. The molecule has 3 rings (SSSR count). The Morgan fingerprint density at radius 1 is 1.29 bits per heavy atom. The van der Waals surface area contributed by atoms with Gasteiger partial charge in [-0.05, 0) is 28.1 Å². The van der Waals surface area contributed by atoms with E-state index in [0.29, 0.717) is 17.2 Å². The number of nitrogens with zero attached hydrogens (tertiary/aromatic N) is 3. The minimum absolute atomic E-state index is 0.245. The van der Waals surface area contributed by atoms with Gasteiger partial charge in [0.25, 0.3) is 5.56 Å². The molecule has 0 spiro atoms. The van der Waals surface area contributed by atoms with Crippen molar-refractivity contribution >= 4 is 27.1 Å². The minimum Gasteiger partial charge on any atom is -0.335 e. The van der Waals surface area contributed by atoms with Gasteiger partial charge in [0, 0.05) is 16.7 Å². The Morgan fingerprint density at radius 2 is 2.18 bits per heavy atom. The van der Waals surface area contributed by atoms with E-state index in [9.17, 15) is 4.79 Å². The Labute approximate surface area is 103 Å². The van der Waals surface area contributed by atoms with E-state index in [2.05, 4.69) is 41.1 Å². The lowest BCUT2D eigenvalue weighted by atomic mass is 10.4. The first-order valence-electron chi connectivity index (χ1n) is 4.80. The number of pyridine rings is 1. The van der Waals surface area contributed by atoms with Crippen LogP contribution in [0.25, 0.3) is 22.7 Å². The molecule has 3 aromatic rings. The number of aromatic nitrogens is 5. The summed E-state index contributed by atoms with van der Waals surface area (Å²) >= 11 is 3.33. The van der Waals surface area contributed by atoms with Gasteiger partial charge in [-0.25, -0.2) is 15.1 Å². The van der Waals surface area contributed by atoms with Crippen LogP contribution in [0.3, 0.4) is 0 Å². The maximum Gasteiger partial charge on any atom is 0.264 e. The van der Waals surface area contributed by atoms with Crippen molar-refractivity contribution in [1.82, 2.24) is 25.1 Å². The molecular weight excluding hydrogens is 286 g/mol. The monoisotopic (exact) mass is 291 g/mol.